The normalized spacial score (nSPS) is 11.1. The second-order valence-corrected chi connectivity index (χ2v) is 4.49. The monoisotopic (exact) mass is 256 g/mol. The van der Waals surface area contributed by atoms with Gasteiger partial charge in [-0.3, -0.25) is 9.36 Å². The second-order valence-electron chi connectivity index (χ2n) is 4.49. The lowest BCUT2D eigenvalue weighted by atomic mass is 10.1. The quantitative estimate of drug-likeness (QED) is 0.699. The van der Waals surface area contributed by atoms with Gasteiger partial charge < -0.3 is 0 Å². The van der Waals surface area contributed by atoms with Crippen LogP contribution < -0.4 is 11.2 Å². The Hall–Kier alpha value is -2.63. The maximum absolute atomic E-state index is 12.3. The zero-order valence-corrected chi connectivity index (χ0v) is 10.5. The summed E-state index contributed by atoms with van der Waals surface area (Å²) in [7, 11) is 0. The third kappa shape index (κ3) is 1.69. The first-order valence-electron chi connectivity index (χ1n) is 5.84. The molecule has 0 atom stereocenters. The molecular formula is C13H12N4O2. The molecule has 19 heavy (non-hydrogen) atoms. The van der Waals surface area contributed by atoms with E-state index in [4.69, 9.17) is 0 Å². The predicted molar refractivity (Wildman–Crippen MR) is 70.9 cm³/mol. The van der Waals surface area contributed by atoms with Gasteiger partial charge in [0.25, 0.3) is 0 Å². The van der Waals surface area contributed by atoms with Crippen molar-refractivity contribution in [2.75, 3.05) is 0 Å². The van der Waals surface area contributed by atoms with Crippen LogP contribution in [0.15, 0.2) is 40.2 Å². The van der Waals surface area contributed by atoms with E-state index in [1.54, 1.807) is 6.20 Å². The molecule has 0 aliphatic rings. The van der Waals surface area contributed by atoms with Crippen LogP contribution >= 0.6 is 0 Å². The molecular weight excluding hydrogens is 244 g/mol. The molecule has 2 heterocycles. The fourth-order valence-corrected chi connectivity index (χ4v) is 2.17. The maximum atomic E-state index is 12.3. The van der Waals surface area contributed by atoms with Gasteiger partial charge in [-0.05, 0) is 25.5 Å². The standard InChI is InChI=1S/C13H12N4O2/c1-8-3-4-10(9(2)7-8)16-5-6-17-11(12(16)18)14-15-13(17)19/h3-7H,1-2H3,(H,15,19). The van der Waals surface area contributed by atoms with Crippen LogP contribution in [-0.2, 0) is 0 Å². The lowest BCUT2D eigenvalue weighted by molar-refractivity contribution is 0.931. The Bertz CT molecular complexity index is 886. The zero-order valence-electron chi connectivity index (χ0n) is 10.5. The number of nitrogens with zero attached hydrogens (tertiary/aromatic N) is 3. The highest BCUT2D eigenvalue weighted by Crippen LogP contribution is 2.13. The molecule has 1 N–H and O–H groups in total. The van der Waals surface area contributed by atoms with E-state index in [2.05, 4.69) is 10.2 Å². The Balaban J connectivity index is 2.34. The molecule has 2 aromatic heterocycles. The van der Waals surface area contributed by atoms with Crippen LogP contribution in [0.2, 0.25) is 0 Å². The molecule has 0 fully saturated rings. The summed E-state index contributed by atoms with van der Waals surface area (Å²) in [5.74, 6) is 0. The largest absolute Gasteiger partial charge is 0.347 e. The summed E-state index contributed by atoms with van der Waals surface area (Å²) in [5, 5.41) is 6.01. The minimum Gasteiger partial charge on any atom is -0.279 e. The highest BCUT2D eigenvalue weighted by molar-refractivity contribution is 5.45. The van der Waals surface area contributed by atoms with Gasteiger partial charge in [-0.25, -0.2) is 14.3 Å². The van der Waals surface area contributed by atoms with Gasteiger partial charge in [-0.1, -0.05) is 17.7 Å². The molecule has 0 unspecified atom stereocenters. The number of benzene rings is 1. The summed E-state index contributed by atoms with van der Waals surface area (Å²) in [4.78, 5) is 23.7. The van der Waals surface area contributed by atoms with Crippen LogP contribution in [0.1, 0.15) is 11.1 Å². The fourth-order valence-electron chi connectivity index (χ4n) is 2.17. The lowest BCUT2D eigenvalue weighted by Crippen LogP contribution is -2.23. The smallest absolute Gasteiger partial charge is 0.279 e. The van der Waals surface area contributed by atoms with Crippen LogP contribution in [0.25, 0.3) is 11.3 Å². The molecule has 0 aliphatic heterocycles. The van der Waals surface area contributed by atoms with Crippen molar-refractivity contribution >= 4 is 5.65 Å². The predicted octanol–water partition coefficient (Wildman–Crippen LogP) is 0.790. The molecule has 0 aliphatic carbocycles. The summed E-state index contributed by atoms with van der Waals surface area (Å²) < 4.78 is 2.69. The number of aromatic nitrogens is 4. The molecule has 3 rings (SSSR count). The van der Waals surface area contributed by atoms with Gasteiger partial charge in [0.2, 0.25) is 5.65 Å². The molecule has 6 heteroatoms. The van der Waals surface area contributed by atoms with E-state index in [-0.39, 0.29) is 11.2 Å². The van der Waals surface area contributed by atoms with Crippen molar-refractivity contribution in [3.63, 3.8) is 0 Å². The molecule has 96 valence electrons. The number of hydrogen-bond acceptors (Lipinski definition) is 3. The van der Waals surface area contributed by atoms with Crippen LogP contribution in [0, 0.1) is 13.8 Å². The van der Waals surface area contributed by atoms with Gasteiger partial charge in [0.1, 0.15) is 0 Å². The fraction of sp³-hybridized carbons (Fsp3) is 0.154. The molecule has 1 aromatic carbocycles. The van der Waals surface area contributed by atoms with Crippen molar-refractivity contribution < 1.29 is 0 Å². The third-order valence-corrected chi connectivity index (χ3v) is 3.09. The maximum Gasteiger partial charge on any atom is 0.347 e. The number of fused-ring (bicyclic) bond motifs is 1. The van der Waals surface area contributed by atoms with Crippen molar-refractivity contribution in [1.29, 1.82) is 0 Å². The number of H-pyrrole nitrogens is 1. The Morgan fingerprint density at radius 3 is 2.68 bits per heavy atom. The molecule has 0 saturated heterocycles. The first-order valence-corrected chi connectivity index (χ1v) is 5.84. The average Bonchev–Trinajstić information content (AvgIpc) is 2.74. The van der Waals surface area contributed by atoms with Crippen molar-refractivity contribution in [3.05, 3.63) is 62.6 Å². The number of aromatic amines is 1. The zero-order chi connectivity index (χ0) is 13.6. The first kappa shape index (κ1) is 11.5. The molecule has 0 bridgehead atoms. The third-order valence-electron chi connectivity index (χ3n) is 3.09. The minimum absolute atomic E-state index is 0.0903. The highest BCUT2D eigenvalue weighted by Gasteiger charge is 2.09. The average molecular weight is 256 g/mol. The topological polar surface area (TPSA) is 72.2 Å². The Labute approximate surface area is 107 Å². The summed E-state index contributed by atoms with van der Waals surface area (Å²) in [6.45, 7) is 3.94. The molecule has 0 spiro atoms. The van der Waals surface area contributed by atoms with E-state index < -0.39 is 5.69 Å². The van der Waals surface area contributed by atoms with E-state index in [0.29, 0.717) is 0 Å². The van der Waals surface area contributed by atoms with Crippen molar-refractivity contribution in [1.82, 2.24) is 19.2 Å². The number of aryl methyl sites for hydroxylation is 2. The summed E-state index contributed by atoms with van der Waals surface area (Å²) >= 11 is 0. The lowest BCUT2D eigenvalue weighted by Gasteiger charge is -2.09. The van der Waals surface area contributed by atoms with Crippen molar-refractivity contribution in [2.24, 2.45) is 0 Å². The van der Waals surface area contributed by atoms with E-state index in [0.717, 1.165) is 16.8 Å². The number of hydrogen-bond donors (Lipinski definition) is 1. The van der Waals surface area contributed by atoms with Crippen molar-refractivity contribution in [3.8, 4) is 5.69 Å². The Morgan fingerprint density at radius 1 is 1.16 bits per heavy atom. The van der Waals surface area contributed by atoms with Crippen LogP contribution in [0.5, 0.6) is 0 Å². The Kier molecular flexibility index (Phi) is 2.38. The molecule has 0 amide bonds. The molecule has 0 saturated carbocycles. The molecule has 6 nitrogen and oxygen atoms in total. The van der Waals surface area contributed by atoms with Gasteiger partial charge in [0, 0.05) is 12.4 Å². The highest BCUT2D eigenvalue weighted by atomic mass is 16.2. The van der Waals surface area contributed by atoms with Crippen LogP contribution in [0.3, 0.4) is 0 Å². The number of nitrogens with one attached hydrogen (secondary N) is 1. The minimum atomic E-state index is -0.417. The molecule has 3 aromatic rings. The molecule has 0 radical (unpaired) electrons. The van der Waals surface area contributed by atoms with Gasteiger partial charge >= 0.3 is 11.2 Å². The van der Waals surface area contributed by atoms with E-state index >= 15 is 0 Å². The Morgan fingerprint density at radius 2 is 1.95 bits per heavy atom. The number of rotatable bonds is 1. The van der Waals surface area contributed by atoms with E-state index in [9.17, 15) is 9.59 Å². The van der Waals surface area contributed by atoms with Crippen LogP contribution in [0.4, 0.5) is 0 Å². The van der Waals surface area contributed by atoms with E-state index in [1.807, 2.05) is 32.0 Å². The summed E-state index contributed by atoms with van der Waals surface area (Å²) in [6, 6.07) is 5.83. The van der Waals surface area contributed by atoms with Crippen LogP contribution in [-0.4, -0.2) is 19.2 Å². The first-order chi connectivity index (χ1) is 9.08. The second kappa shape index (κ2) is 3.94. The summed E-state index contributed by atoms with van der Waals surface area (Å²) in [5.41, 5.74) is 2.25. The van der Waals surface area contributed by atoms with Gasteiger partial charge in [-0.15, -0.1) is 5.10 Å². The van der Waals surface area contributed by atoms with E-state index in [1.165, 1.54) is 15.2 Å². The van der Waals surface area contributed by atoms with Crippen molar-refractivity contribution in [2.45, 2.75) is 13.8 Å². The van der Waals surface area contributed by atoms with Gasteiger partial charge in [-0.2, -0.15) is 0 Å². The van der Waals surface area contributed by atoms with Gasteiger partial charge in [0.05, 0.1) is 5.69 Å². The SMILES string of the molecule is Cc1ccc(-n2ccn3c(=O)[nH]nc3c2=O)c(C)c1. The van der Waals surface area contributed by atoms with Gasteiger partial charge in [0.15, 0.2) is 0 Å². The summed E-state index contributed by atoms with van der Waals surface area (Å²) in [6.07, 6.45) is 3.10.